The fraction of sp³-hybridized carbons (Fsp3) is 0.586. The molecule has 6 heterocycles. The number of β-lactam (4-membered cyclic amide) rings is 1. The highest BCUT2D eigenvalue weighted by atomic mass is 32.2. The number of fused-ring (bicyclic) bond motifs is 4. The third-order valence-corrected chi connectivity index (χ3v) is 11.6. The lowest BCUT2D eigenvalue weighted by molar-refractivity contribution is -0.941. The number of anilines is 1. The first-order valence-electron chi connectivity index (χ1n) is 15.6. The number of nitrogens with two attached hydrogens (primary N) is 2. The summed E-state index contributed by atoms with van der Waals surface area (Å²) in [6.45, 7) is 2.72. The zero-order valence-electron chi connectivity index (χ0n) is 26.7. The summed E-state index contributed by atoms with van der Waals surface area (Å²) in [6.07, 6.45) is 2.70. The van der Waals surface area contributed by atoms with E-state index in [1.807, 2.05) is 0 Å². The number of ether oxygens (including phenoxy) is 1. The largest absolute Gasteiger partial charge is 0.480 e. The van der Waals surface area contributed by atoms with Crippen LogP contribution in [0.5, 0.6) is 0 Å². The summed E-state index contributed by atoms with van der Waals surface area (Å²) in [6, 6.07) is -2.08. The number of carbonyl (C=O) groups excluding carboxylic acids is 4. The Balaban J connectivity index is 1.23. The molecule has 0 aliphatic carbocycles. The SMILES string of the molecule is COC(=O)C1=C(C[N+]23CCC(CNC(=O)CC[C@H](N)C(=O)O)(CC2)CC3)CS[C@@H]2[C@H](NC(=O)/C(=N\OCC(=O)O)c3csc(N)n3)C(=O)N12. The first kappa shape index (κ1) is 36.0. The van der Waals surface area contributed by atoms with Gasteiger partial charge in [-0.25, -0.2) is 14.6 Å². The van der Waals surface area contributed by atoms with E-state index in [-0.39, 0.29) is 46.4 Å². The van der Waals surface area contributed by atoms with Crippen LogP contribution < -0.4 is 22.1 Å². The third-order valence-electron chi connectivity index (χ3n) is 9.57. The van der Waals surface area contributed by atoms with Gasteiger partial charge >= 0.3 is 17.9 Å². The molecular formula is C29H39N8O10S2+. The number of methoxy groups -OCH3 is 1. The molecule has 0 radical (unpaired) electrons. The van der Waals surface area contributed by atoms with Crippen LogP contribution >= 0.6 is 23.1 Å². The van der Waals surface area contributed by atoms with Gasteiger partial charge in [0.05, 0.1) is 26.7 Å². The molecule has 18 nitrogen and oxygen atoms in total. The van der Waals surface area contributed by atoms with Gasteiger partial charge in [-0.15, -0.1) is 23.1 Å². The van der Waals surface area contributed by atoms with Crippen molar-refractivity contribution in [3.05, 3.63) is 22.3 Å². The molecule has 4 fully saturated rings. The Labute approximate surface area is 288 Å². The van der Waals surface area contributed by atoms with Gasteiger partial charge in [-0.2, -0.15) is 0 Å². The highest BCUT2D eigenvalue weighted by Gasteiger charge is 2.56. The summed E-state index contributed by atoms with van der Waals surface area (Å²) in [4.78, 5) is 84.2. The number of hydrogen-bond acceptors (Lipinski definition) is 14. The molecule has 1 aromatic rings. The highest BCUT2D eigenvalue weighted by molar-refractivity contribution is 8.00. The number of thioether (sulfide) groups is 1. The third kappa shape index (κ3) is 7.81. The van der Waals surface area contributed by atoms with Crippen LogP contribution in [0.3, 0.4) is 0 Å². The van der Waals surface area contributed by atoms with Crippen molar-refractivity contribution in [2.45, 2.75) is 49.6 Å². The van der Waals surface area contributed by atoms with Crippen LogP contribution in [0.1, 0.15) is 37.8 Å². The van der Waals surface area contributed by atoms with E-state index in [1.165, 1.54) is 29.2 Å². The number of nitrogens with one attached hydrogen (secondary N) is 2. The van der Waals surface area contributed by atoms with Crippen molar-refractivity contribution in [1.29, 1.82) is 0 Å². The quantitative estimate of drug-likeness (QED) is 0.0403. The lowest BCUT2D eigenvalue weighted by Crippen LogP contribution is -2.71. The number of aromatic nitrogens is 1. The number of aliphatic carboxylic acids is 2. The molecule has 266 valence electrons. The standard InChI is InChI=1S/C29H38N8O10S2/c1-46-27(45)22-15(10-37-7-4-29(5-8-37,6-9-37)14-32-18(38)3-2-16(30)26(43)44)12-48-25-21(24(42)36(22)25)34-23(41)20(35-47-11-19(39)40)17-13-49-28(31)33-17/h13,16,21,25H,2-12,14,30H2,1H3,(H5-,31,32,33,34,38,39,40,41,43,44)/p+1/b35-20-/t16-,21+,25+,29?,37?/m0/s1. The molecule has 3 amide bonds. The first-order chi connectivity index (χ1) is 23.3. The number of amides is 3. The van der Waals surface area contributed by atoms with E-state index in [1.54, 1.807) is 0 Å². The lowest BCUT2D eigenvalue weighted by Gasteiger charge is -2.56. The molecule has 8 N–H and O–H groups in total. The lowest BCUT2D eigenvalue weighted by atomic mass is 9.70. The van der Waals surface area contributed by atoms with Crippen LogP contribution in [0.25, 0.3) is 0 Å². The van der Waals surface area contributed by atoms with E-state index in [2.05, 4.69) is 20.8 Å². The Bertz CT molecular complexity index is 1570. The Morgan fingerprint density at radius 2 is 1.90 bits per heavy atom. The second-order valence-corrected chi connectivity index (χ2v) is 14.7. The van der Waals surface area contributed by atoms with Crippen molar-refractivity contribution < 1.29 is 53.0 Å². The average molecular weight is 724 g/mol. The summed E-state index contributed by atoms with van der Waals surface area (Å²) in [5.41, 5.74) is 11.8. The second-order valence-electron chi connectivity index (χ2n) is 12.7. The number of oxime groups is 1. The van der Waals surface area contributed by atoms with Gasteiger partial charge in [0, 0.05) is 54.3 Å². The van der Waals surface area contributed by atoms with E-state index < -0.39 is 53.8 Å². The zero-order valence-corrected chi connectivity index (χ0v) is 28.3. The van der Waals surface area contributed by atoms with Crippen LogP contribution in [0, 0.1) is 5.41 Å². The van der Waals surface area contributed by atoms with E-state index in [0.29, 0.717) is 18.8 Å². The molecule has 2 bridgehead atoms. The number of nitrogens with zero attached hydrogens (tertiary/aromatic N) is 4. The van der Waals surface area contributed by atoms with Crippen LogP contribution in [-0.4, -0.2) is 136 Å². The van der Waals surface area contributed by atoms with Crippen molar-refractivity contribution in [3.63, 3.8) is 0 Å². The molecular weight excluding hydrogens is 684 g/mol. The Morgan fingerprint density at radius 3 is 2.49 bits per heavy atom. The Hall–Kier alpha value is -4.27. The minimum Gasteiger partial charge on any atom is -0.480 e. The number of carbonyl (C=O) groups is 6. The monoisotopic (exact) mass is 723 g/mol. The Morgan fingerprint density at radius 1 is 1.20 bits per heavy atom. The maximum absolute atomic E-state index is 13.5. The molecule has 0 aromatic carbocycles. The van der Waals surface area contributed by atoms with Crippen molar-refractivity contribution in [2.75, 3.05) is 57.9 Å². The summed E-state index contributed by atoms with van der Waals surface area (Å²) in [7, 11) is 1.25. The van der Waals surface area contributed by atoms with Crippen LogP contribution in [0.2, 0.25) is 0 Å². The van der Waals surface area contributed by atoms with Gasteiger partial charge in [0.15, 0.2) is 10.8 Å². The van der Waals surface area contributed by atoms with Gasteiger partial charge in [0.25, 0.3) is 11.8 Å². The molecule has 49 heavy (non-hydrogen) atoms. The number of nitrogen functional groups attached to an aromatic ring is 1. The smallest absolute Gasteiger partial charge is 0.355 e. The number of carboxylic acid groups (broad SMARTS) is 2. The summed E-state index contributed by atoms with van der Waals surface area (Å²) < 4.78 is 5.84. The number of rotatable bonds is 15. The first-order valence-corrected chi connectivity index (χ1v) is 17.5. The van der Waals surface area contributed by atoms with Gasteiger partial charge in [0.2, 0.25) is 12.5 Å². The molecule has 4 saturated heterocycles. The molecule has 1 aromatic heterocycles. The van der Waals surface area contributed by atoms with Gasteiger partial charge in [-0.3, -0.25) is 24.1 Å². The number of carboxylic acids is 2. The van der Waals surface area contributed by atoms with Gasteiger partial charge in [-0.1, -0.05) is 5.16 Å². The number of esters is 1. The molecule has 20 heteroatoms. The number of hydrogen-bond donors (Lipinski definition) is 6. The maximum Gasteiger partial charge on any atom is 0.355 e. The molecule has 5 aliphatic rings. The predicted octanol–water partition coefficient (Wildman–Crippen LogP) is -1.33. The fourth-order valence-corrected chi connectivity index (χ4v) is 8.56. The average Bonchev–Trinajstić information content (AvgIpc) is 3.52. The predicted molar refractivity (Wildman–Crippen MR) is 175 cm³/mol. The second kappa shape index (κ2) is 14.7. The minimum absolute atomic E-state index is 0.0449. The zero-order chi connectivity index (χ0) is 35.5. The van der Waals surface area contributed by atoms with Gasteiger partial charge in [0.1, 0.15) is 35.4 Å². The number of thiazole rings is 1. The van der Waals surface area contributed by atoms with Crippen molar-refractivity contribution in [3.8, 4) is 0 Å². The van der Waals surface area contributed by atoms with E-state index in [4.69, 9.17) is 31.3 Å². The summed E-state index contributed by atoms with van der Waals surface area (Å²) in [5, 5.41) is 28.1. The van der Waals surface area contributed by atoms with E-state index in [9.17, 15) is 28.8 Å². The maximum atomic E-state index is 13.5. The van der Waals surface area contributed by atoms with E-state index in [0.717, 1.165) is 60.3 Å². The van der Waals surface area contributed by atoms with Crippen molar-refractivity contribution >= 4 is 69.6 Å². The minimum atomic E-state index is -1.30. The number of quaternary nitrogens is 1. The molecule has 0 saturated carbocycles. The number of piperidine rings is 3. The fourth-order valence-electron chi connectivity index (χ4n) is 6.68. The van der Waals surface area contributed by atoms with Gasteiger partial charge in [-0.05, 0) is 6.42 Å². The summed E-state index contributed by atoms with van der Waals surface area (Å²) >= 11 is 2.45. The normalized spacial score (nSPS) is 26.7. The molecule has 3 atom stereocenters. The molecule has 0 spiro atoms. The van der Waals surface area contributed by atoms with E-state index >= 15 is 0 Å². The highest BCUT2D eigenvalue weighted by Crippen LogP contribution is 2.46. The molecule has 0 unspecified atom stereocenters. The van der Waals surface area contributed by atoms with Gasteiger partial charge < -0.3 is 46.4 Å². The summed E-state index contributed by atoms with van der Waals surface area (Å²) in [5.74, 6) is -4.22. The Kier molecular flexibility index (Phi) is 10.8. The molecule has 6 rings (SSSR count). The van der Waals surface area contributed by atoms with Crippen molar-refractivity contribution in [2.24, 2.45) is 16.3 Å². The molecule has 5 aliphatic heterocycles. The van der Waals surface area contributed by atoms with Crippen LogP contribution in [0.4, 0.5) is 5.13 Å². The van der Waals surface area contributed by atoms with Crippen LogP contribution in [0.15, 0.2) is 21.8 Å². The van der Waals surface area contributed by atoms with Crippen molar-refractivity contribution in [1.82, 2.24) is 20.5 Å². The topological polar surface area (TPSA) is 266 Å². The van der Waals surface area contributed by atoms with Crippen LogP contribution in [-0.2, 0) is 38.3 Å².